The second-order valence-electron chi connectivity index (χ2n) is 5.39. The SMILES string of the molecule is Cc1cc(O)c(C[N+](C)(C)C)c(C)c1C.[I-]. The lowest BCUT2D eigenvalue weighted by Gasteiger charge is -2.26. The molecule has 0 radical (unpaired) electrons. The monoisotopic (exact) mass is 335 g/mol. The summed E-state index contributed by atoms with van der Waals surface area (Å²) in [5.74, 6) is 0.434. The number of aromatic hydroxyl groups is 1. The van der Waals surface area contributed by atoms with Gasteiger partial charge in [0, 0.05) is 0 Å². The van der Waals surface area contributed by atoms with Crippen molar-refractivity contribution >= 4 is 0 Å². The van der Waals surface area contributed by atoms with Gasteiger partial charge in [-0.25, -0.2) is 0 Å². The van der Waals surface area contributed by atoms with Crippen LogP contribution in [0.2, 0.25) is 0 Å². The van der Waals surface area contributed by atoms with Crippen LogP contribution in [-0.4, -0.2) is 30.7 Å². The Labute approximate surface area is 116 Å². The molecule has 0 bridgehead atoms. The van der Waals surface area contributed by atoms with Crippen LogP contribution in [0.4, 0.5) is 0 Å². The van der Waals surface area contributed by atoms with Crippen molar-refractivity contribution in [2.45, 2.75) is 27.3 Å². The lowest BCUT2D eigenvalue weighted by molar-refractivity contribution is -0.884. The minimum Gasteiger partial charge on any atom is -1.00 e. The number of hydrogen-bond acceptors (Lipinski definition) is 1. The maximum atomic E-state index is 9.95. The predicted octanol–water partition coefficient (Wildman–Crippen LogP) is -0.472. The summed E-state index contributed by atoms with van der Waals surface area (Å²) >= 11 is 0. The molecular formula is C13H22INO. The van der Waals surface area contributed by atoms with Crippen LogP contribution < -0.4 is 24.0 Å². The molecule has 0 spiro atoms. The van der Waals surface area contributed by atoms with Gasteiger partial charge in [0.05, 0.1) is 26.7 Å². The van der Waals surface area contributed by atoms with E-state index in [0.29, 0.717) is 5.75 Å². The Morgan fingerprint density at radius 1 is 1.06 bits per heavy atom. The summed E-state index contributed by atoms with van der Waals surface area (Å²) < 4.78 is 0.830. The summed E-state index contributed by atoms with van der Waals surface area (Å²) in [6.45, 7) is 7.10. The molecule has 0 aliphatic rings. The van der Waals surface area contributed by atoms with Crippen LogP contribution in [0, 0.1) is 20.8 Å². The van der Waals surface area contributed by atoms with Crippen molar-refractivity contribution in [2.24, 2.45) is 0 Å². The van der Waals surface area contributed by atoms with Crippen LogP contribution in [0.15, 0.2) is 6.07 Å². The fourth-order valence-electron chi connectivity index (χ4n) is 1.79. The molecule has 3 heteroatoms. The Bertz CT molecular complexity index is 380. The number of nitrogens with zero attached hydrogens (tertiary/aromatic N) is 1. The number of phenols is 1. The number of phenolic OH excluding ortho intramolecular Hbond substituents is 1. The molecule has 0 aliphatic heterocycles. The van der Waals surface area contributed by atoms with E-state index in [-0.39, 0.29) is 24.0 Å². The molecule has 2 nitrogen and oxygen atoms in total. The second-order valence-corrected chi connectivity index (χ2v) is 5.39. The lowest BCUT2D eigenvalue weighted by atomic mass is 9.97. The normalized spacial score (nSPS) is 11.1. The van der Waals surface area contributed by atoms with E-state index in [9.17, 15) is 5.11 Å². The fourth-order valence-corrected chi connectivity index (χ4v) is 1.79. The molecule has 0 unspecified atom stereocenters. The number of hydrogen-bond donors (Lipinski definition) is 1. The Morgan fingerprint density at radius 3 is 2.00 bits per heavy atom. The van der Waals surface area contributed by atoms with Crippen LogP contribution in [0.25, 0.3) is 0 Å². The average molecular weight is 335 g/mol. The van der Waals surface area contributed by atoms with Crippen molar-refractivity contribution in [1.82, 2.24) is 0 Å². The van der Waals surface area contributed by atoms with Crippen molar-refractivity contribution in [2.75, 3.05) is 21.1 Å². The zero-order valence-corrected chi connectivity index (χ0v) is 13.2. The van der Waals surface area contributed by atoms with Crippen molar-refractivity contribution < 1.29 is 33.6 Å². The van der Waals surface area contributed by atoms with Crippen molar-refractivity contribution in [1.29, 1.82) is 0 Å². The van der Waals surface area contributed by atoms with Crippen LogP contribution in [0.5, 0.6) is 5.75 Å². The van der Waals surface area contributed by atoms with Crippen LogP contribution in [0.3, 0.4) is 0 Å². The summed E-state index contributed by atoms with van der Waals surface area (Å²) in [5.41, 5.74) is 4.75. The molecule has 92 valence electrons. The minimum absolute atomic E-state index is 0. The van der Waals surface area contributed by atoms with Crippen LogP contribution in [0.1, 0.15) is 22.3 Å². The molecule has 0 heterocycles. The van der Waals surface area contributed by atoms with E-state index in [1.54, 1.807) is 0 Å². The van der Waals surface area contributed by atoms with E-state index >= 15 is 0 Å². The van der Waals surface area contributed by atoms with Gasteiger partial charge in [-0.15, -0.1) is 0 Å². The molecule has 1 aromatic rings. The molecule has 0 saturated carbocycles. The summed E-state index contributed by atoms with van der Waals surface area (Å²) in [6, 6.07) is 1.87. The van der Waals surface area contributed by atoms with Gasteiger partial charge in [0.1, 0.15) is 12.3 Å². The Hall–Kier alpha value is -0.290. The third-order valence-electron chi connectivity index (χ3n) is 2.90. The molecular weight excluding hydrogens is 313 g/mol. The van der Waals surface area contributed by atoms with Crippen molar-refractivity contribution in [3.63, 3.8) is 0 Å². The molecule has 0 atom stereocenters. The average Bonchev–Trinajstić information content (AvgIpc) is 2.07. The Morgan fingerprint density at radius 2 is 1.56 bits per heavy atom. The number of aryl methyl sites for hydroxylation is 1. The van der Waals surface area contributed by atoms with Gasteiger partial charge in [0.25, 0.3) is 0 Å². The maximum Gasteiger partial charge on any atom is 0.124 e. The summed E-state index contributed by atoms with van der Waals surface area (Å²) in [5, 5.41) is 9.95. The van der Waals surface area contributed by atoms with E-state index in [2.05, 4.69) is 35.0 Å². The summed E-state index contributed by atoms with van der Waals surface area (Å²) in [7, 11) is 6.40. The molecule has 1 aromatic carbocycles. The maximum absolute atomic E-state index is 9.95. The topological polar surface area (TPSA) is 20.2 Å². The highest BCUT2D eigenvalue weighted by molar-refractivity contribution is 5.47. The summed E-state index contributed by atoms with van der Waals surface area (Å²) in [6.07, 6.45) is 0. The van der Waals surface area contributed by atoms with E-state index in [1.165, 1.54) is 11.1 Å². The van der Waals surface area contributed by atoms with Crippen molar-refractivity contribution in [3.05, 3.63) is 28.3 Å². The largest absolute Gasteiger partial charge is 1.00 e. The first-order chi connectivity index (χ1) is 6.72. The van der Waals surface area contributed by atoms with Crippen LogP contribution in [-0.2, 0) is 6.54 Å². The fraction of sp³-hybridized carbons (Fsp3) is 0.538. The van der Waals surface area contributed by atoms with Gasteiger partial charge in [0.2, 0.25) is 0 Å². The molecule has 0 saturated heterocycles. The molecule has 16 heavy (non-hydrogen) atoms. The first kappa shape index (κ1) is 15.7. The van der Waals surface area contributed by atoms with Gasteiger partial charge < -0.3 is 33.6 Å². The highest BCUT2D eigenvalue weighted by atomic mass is 127. The van der Waals surface area contributed by atoms with Gasteiger partial charge in [-0.3, -0.25) is 0 Å². The highest BCUT2D eigenvalue weighted by Gasteiger charge is 2.16. The Balaban J connectivity index is 0.00000225. The van der Waals surface area contributed by atoms with E-state index < -0.39 is 0 Å². The lowest BCUT2D eigenvalue weighted by Crippen LogP contribution is -3.00. The smallest absolute Gasteiger partial charge is 0.124 e. The zero-order chi connectivity index (χ0) is 11.8. The van der Waals surface area contributed by atoms with Gasteiger partial charge in [-0.2, -0.15) is 0 Å². The molecule has 1 N–H and O–H groups in total. The molecule has 0 aromatic heterocycles. The standard InChI is InChI=1S/C13H21NO.HI/c1-9-7-13(15)12(8-14(4,5)6)11(3)10(9)2;/h7H,8H2,1-6H3;1H. The second kappa shape index (κ2) is 5.36. The quantitative estimate of drug-likeness (QED) is 0.572. The van der Waals surface area contributed by atoms with Gasteiger partial charge in [-0.1, -0.05) is 0 Å². The van der Waals surface area contributed by atoms with Gasteiger partial charge in [0.15, 0.2) is 0 Å². The van der Waals surface area contributed by atoms with E-state index in [0.717, 1.165) is 22.2 Å². The van der Waals surface area contributed by atoms with Crippen molar-refractivity contribution in [3.8, 4) is 5.75 Å². The number of halogens is 1. The number of rotatable bonds is 2. The predicted molar refractivity (Wildman–Crippen MR) is 64.1 cm³/mol. The first-order valence-corrected chi connectivity index (χ1v) is 5.31. The zero-order valence-electron chi connectivity index (χ0n) is 11.1. The van der Waals surface area contributed by atoms with E-state index in [4.69, 9.17) is 0 Å². The molecule has 0 amide bonds. The third kappa shape index (κ3) is 3.63. The highest BCUT2D eigenvalue weighted by Crippen LogP contribution is 2.28. The van der Waals surface area contributed by atoms with Gasteiger partial charge in [-0.05, 0) is 43.5 Å². The first-order valence-electron chi connectivity index (χ1n) is 5.31. The van der Waals surface area contributed by atoms with Crippen LogP contribution >= 0.6 is 0 Å². The number of benzene rings is 1. The molecule has 0 fully saturated rings. The third-order valence-corrected chi connectivity index (χ3v) is 2.90. The molecule has 1 rings (SSSR count). The Kier molecular flexibility index (Phi) is 5.26. The number of quaternary nitrogens is 1. The summed E-state index contributed by atoms with van der Waals surface area (Å²) in [4.78, 5) is 0. The van der Waals surface area contributed by atoms with Gasteiger partial charge >= 0.3 is 0 Å². The van der Waals surface area contributed by atoms with E-state index in [1.807, 2.05) is 13.0 Å². The molecule has 0 aliphatic carbocycles. The minimum atomic E-state index is 0.